The Morgan fingerprint density at radius 2 is 0.883 bits per heavy atom. The average Bonchev–Trinajstić information content (AvgIpc) is 3.26. The lowest BCUT2D eigenvalue weighted by molar-refractivity contribution is 0.919. The summed E-state index contributed by atoms with van der Waals surface area (Å²) in [5.74, 6) is 1.81. The Morgan fingerprint density at radius 3 is 1.50 bits per heavy atom. The van der Waals surface area contributed by atoms with Crippen molar-refractivity contribution in [3.05, 3.63) is 226 Å². The van der Waals surface area contributed by atoms with E-state index in [2.05, 4.69) is 198 Å². The van der Waals surface area contributed by atoms with Gasteiger partial charge in [0.1, 0.15) is 0 Å². The molecule has 4 nitrogen and oxygen atoms in total. The molecule has 9 rings (SSSR count). The second-order valence-electron chi connectivity index (χ2n) is 16.1. The Labute approximate surface area is 353 Å². The third-order valence-electron chi connectivity index (χ3n) is 11.6. The molecule has 0 atom stereocenters. The number of fused-ring (bicyclic) bond motifs is 1. The van der Waals surface area contributed by atoms with Gasteiger partial charge >= 0.3 is 0 Å². The molecular weight excluding hydrogens is 729 g/mol. The summed E-state index contributed by atoms with van der Waals surface area (Å²) in [4.78, 5) is 18.0. The van der Waals surface area contributed by atoms with E-state index in [0.29, 0.717) is 17.6 Å². The van der Waals surface area contributed by atoms with Crippen LogP contribution in [0, 0.1) is 41.5 Å². The van der Waals surface area contributed by atoms with Gasteiger partial charge in [-0.2, -0.15) is 9.97 Å². The summed E-state index contributed by atoms with van der Waals surface area (Å²) in [5, 5.41) is 2.24. The van der Waals surface area contributed by atoms with E-state index in [1.165, 1.54) is 50.1 Å². The van der Waals surface area contributed by atoms with Crippen molar-refractivity contribution < 1.29 is 0 Å². The first kappa shape index (κ1) is 38.4. The van der Waals surface area contributed by atoms with E-state index in [0.717, 1.165) is 44.4 Å². The standard InChI is InChI=1S/C56H48N4/c1-36-31-38(3)51(39(4)32-36)53(52-40(5)33-37(2)34-41(52)6)44-27-29-48(30-28-44)60(50-26-16-22-43-19-13-14-25-49(43)50)56-58-54(45-20-11-8-12-21-45)57-55(59-56)47-24-15-23-46(35-47)42-17-9-7-10-18-42/h7-35,53H,1-6H3. The van der Waals surface area contributed by atoms with E-state index in [9.17, 15) is 0 Å². The van der Waals surface area contributed by atoms with Crippen LogP contribution in [0.5, 0.6) is 0 Å². The summed E-state index contributed by atoms with van der Waals surface area (Å²) < 4.78 is 0. The van der Waals surface area contributed by atoms with Crippen molar-refractivity contribution in [2.75, 3.05) is 4.90 Å². The largest absolute Gasteiger partial charge is 0.278 e. The number of benzene rings is 8. The lowest BCUT2D eigenvalue weighted by atomic mass is 9.77. The fraction of sp³-hybridized carbons (Fsp3) is 0.125. The Balaban J connectivity index is 1.26. The van der Waals surface area contributed by atoms with Crippen molar-refractivity contribution >= 4 is 28.1 Å². The molecule has 0 aliphatic heterocycles. The van der Waals surface area contributed by atoms with Crippen molar-refractivity contribution in [3.8, 4) is 33.9 Å². The van der Waals surface area contributed by atoms with Crippen LogP contribution in [-0.2, 0) is 0 Å². The zero-order chi connectivity index (χ0) is 41.3. The van der Waals surface area contributed by atoms with Gasteiger partial charge in [-0.05, 0) is 121 Å². The van der Waals surface area contributed by atoms with Crippen LogP contribution >= 0.6 is 0 Å². The molecule has 292 valence electrons. The molecule has 4 heteroatoms. The molecule has 0 fully saturated rings. The summed E-state index contributed by atoms with van der Waals surface area (Å²) in [6, 6.07) is 62.4. The molecule has 0 N–H and O–H groups in total. The topological polar surface area (TPSA) is 41.9 Å². The van der Waals surface area contributed by atoms with Gasteiger partial charge in [0, 0.05) is 28.1 Å². The molecule has 9 aromatic rings. The minimum absolute atomic E-state index is 0.0524. The summed E-state index contributed by atoms with van der Waals surface area (Å²) in [6.07, 6.45) is 0. The summed E-state index contributed by atoms with van der Waals surface area (Å²) in [7, 11) is 0. The fourth-order valence-electron chi connectivity index (χ4n) is 9.13. The first-order valence-corrected chi connectivity index (χ1v) is 20.7. The van der Waals surface area contributed by atoms with Crippen LogP contribution in [0.15, 0.2) is 176 Å². The quantitative estimate of drug-likeness (QED) is 0.137. The van der Waals surface area contributed by atoms with Gasteiger partial charge < -0.3 is 0 Å². The number of rotatable bonds is 9. The zero-order valence-corrected chi connectivity index (χ0v) is 35.1. The molecule has 0 spiro atoms. The van der Waals surface area contributed by atoms with Crippen LogP contribution in [-0.4, -0.2) is 15.0 Å². The van der Waals surface area contributed by atoms with Crippen LogP contribution in [0.25, 0.3) is 44.7 Å². The van der Waals surface area contributed by atoms with Crippen LogP contribution in [0.3, 0.4) is 0 Å². The molecule has 1 heterocycles. The number of nitrogens with zero attached hydrogens (tertiary/aromatic N) is 4. The highest BCUT2D eigenvalue weighted by Crippen LogP contribution is 2.43. The summed E-state index contributed by atoms with van der Waals surface area (Å²) >= 11 is 0. The van der Waals surface area contributed by atoms with Crippen molar-refractivity contribution in [2.45, 2.75) is 47.5 Å². The Kier molecular flexibility index (Phi) is 10.4. The minimum atomic E-state index is 0.0524. The molecule has 0 aliphatic carbocycles. The van der Waals surface area contributed by atoms with E-state index in [-0.39, 0.29) is 5.92 Å². The van der Waals surface area contributed by atoms with Crippen LogP contribution in [0.4, 0.5) is 17.3 Å². The van der Waals surface area contributed by atoms with Crippen molar-refractivity contribution in [1.29, 1.82) is 0 Å². The van der Waals surface area contributed by atoms with Crippen LogP contribution in [0.1, 0.15) is 56.0 Å². The fourth-order valence-corrected chi connectivity index (χ4v) is 9.13. The molecule has 0 aliphatic rings. The Hall–Kier alpha value is -7.17. The van der Waals surface area contributed by atoms with Crippen molar-refractivity contribution in [1.82, 2.24) is 15.0 Å². The maximum absolute atomic E-state index is 5.34. The third kappa shape index (κ3) is 7.49. The van der Waals surface area contributed by atoms with Gasteiger partial charge in [0.25, 0.3) is 0 Å². The van der Waals surface area contributed by atoms with Crippen molar-refractivity contribution in [3.63, 3.8) is 0 Å². The van der Waals surface area contributed by atoms with Gasteiger partial charge in [0.05, 0.1) is 5.69 Å². The highest BCUT2D eigenvalue weighted by Gasteiger charge is 2.26. The first-order valence-electron chi connectivity index (χ1n) is 20.7. The highest BCUT2D eigenvalue weighted by molar-refractivity contribution is 5.98. The normalized spacial score (nSPS) is 11.3. The van der Waals surface area contributed by atoms with E-state index in [1.807, 2.05) is 24.3 Å². The van der Waals surface area contributed by atoms with Gasteiger partial charge in [-0.1, -0.05) is 163 Å². The van der Waals surface area contributed by atoms with Gasteiger partial charge in [-0.3, -0.25) is 4.90 Å². The van der Waals surface area contributed by atoms with Gasteiger partial charge in [-0.15, -0.1) is 0 Å². The average molecular weight is 777 g/mol. The maximum Gasteiger partial charge on any atom is 0.238 e. The number of hydrogen-bond acceptors (Lipinski definition) is 4. The predicted molar refractivity (Wildman–Crippen MR) is 251 cm³/mol. The SMILES string of the molecule is Cc1cc(C)c(C(c2ccc(N(c3nc(-c4ccccc4)nc(-c4cccc(-c5ccccc5)c4)n3)c3cccc4ccccc34)cc2)c2c(C)cc(C)cc2C)c(C)c1. The molecule has 0 radical (unpaired) electrons. The number of aryl methyl sites for hydroxylation is 6. The molecule has 8 aromatic carbocycles. The third-order valence-corrected chi connectivity index (χ3v) is 11.6. The monoisotopic (exact) mass is 776 g/mol. The van der Waals surface area contributed by atoms with Crippen LogP contribution < -0.4 is 4.90 Å². The molecule has 60 heavy (non-hydrogen) atoms. The summed E-state index contributed by atoms with van der Waals surface area (Å²) in [5.41, 5.74) is 17.8. The zero-order valence-electron chi connectivity index (χ0n) is 35.1. The molecule has 1 aromatic heterocycles. The molecule has 0 amide bonds. The van der Waals surface area contributed by atoms with E-state index < -0.39 is 0 Å². The molecule has 0 saturated carbocycles. The number of anilines is 3. The molecule has 0 saturated heterocycles. The number of aromatic nitrogens is 3. The lowest BCUT2D eigenvalue weighted by Crippen LogP contribution is -2.16. The summed E-state index contributed by atoms with van der Waals surface area (Å²) in [6.45, 7) is 13.4. The smallest absolute Gasteiger partial charge is 0.238 e. The highest BCUT2D eigenvalue weighted by atomic mass is 15.3. The Bertz CT molecular complexity index is 2880. The molecular formula is C56H48N4. The van der Waals surface area contributed by atoms with E-state index >= 15 is 0 Å². The van der Waals surface area contributed by atoms with Gasteiger partial charge in [0.15, 0.2) is 11.6 Å². The van der Waals surface area contributed by atoms with Gasteiger partial charge in [0.2, 0.25) is 5.95 Å². The second-order valence-corrected chi connectivity index (χ2v) is 16.1. The van der Waals surface area contributed by atoms with E-state index in [4.69, 9.17) is 15.0 Å². The van der Waals surface area contributed by atoms with E-state index in [1.54, 1.807) is 0 Å². The molecule has 0 unspecified atom stereocenters. The minimum Gasteiger partial charge on any atom is -0.278 e. The maximum atomic E-state index is 5.34. The first-order chi connectivity index (χ1) is 29.2. The van der Waals surface area contributed by atoms with Gasteiger partial charge in [-0.25, -0.2) is 4.98 Å². The van der Waals surface area contributed by atoms with Crippen LogP contribution in [0.2, 0.25) is 0 Å². The van der Waals surface area contributed by atoms with Crippen molar-refractivity contribution in [2.24, 2.45) is 0 Å². The second kappa shape index (κ2) is 16.2. The molecule has 0 bridgehead atoms. The Morgan fingerprint density at radius 1 is 0.400 bits per heavy atom. The lowest BCUT2D eigenvalue weighted by Gasteiger charge is -2.28. The number of hydrogen-bond donors (Lipinski definition) is 0. The predicted octanol–water partition coefficient (Wildman–Crippen LogP) is 14.5.